The van der Waals surface area contributed by atoms with Gasteiger partial charge in [0.15, 0.2) is 5.13 Å². The minimum absolute atomic E-state index is 0.0154. The molecule has 2 N–H and O–H groups in total. The molecule has 1 aliphatic rings. The van der Waals surface area contributed by atoms with Crippen LogP contribution in [0, 0.1) is 15.5 Å². The first-order valence-corrected chi connectivity index (χ1v) is 6.38. The maximum Gasteiger partial charge on any atom is 0.345 e. The molecule has 0 amide bonds. The van der Waals surface area contributed by atoms with Crippen LogP contribution in [-0.4, -0.2) is 27.5 Å². The van der Waals surface area contributed by atoms with Gasteiger partial charge >= 0.3 is 11.0 Å². The van der Waals surface area contributed by atoms with E-state index in [4.69, 9.17) is 5.11 Å². The summed E-state index contributed by atoms with van der Waals surface area (Å²) in [6.07, 6.45) is 4.12. The van der Waals surface area contributed by atoms with Crippen LogP contribution >= 0.6 is 11.3 Å². The summed E-state index contributed by atoms with van der Waals surface area (Å²) < 4.78 is 0. The van der Waals surface area contributed by atoms with Crippen LogP contribution in [0.1, 0.15) is 25.7 Å². The first-order chi connectivity index (χ1) is 8.51. The fourth-order valence-electron chi connectivity index (χ4n) is 2.11. The third kappa shape index (κ3) is 2.76. The van der Waals surface area contributed by atoms with E-state index in [1.165, 1.54) is 6.20 Å². The summed E-state index contributed by atoms with van der Waals surface area (Å²) in [6.45, 7) is 0.504. The van der Waals surface area contributed by atoms with E-state index in [-0.39, 0.29) is 16.8 Å². The zero-order valence-corrected chi connectivity index (χ0v) is 10.4. The van der Waals surface area contributed by atoms with Gasteiger partial charge in [0, 0.05) is 6.54 Å². The second-order valence-corrected chi connectivity index (χ2v) is 5.55. The number of aliphatic carboxylic acids is 1. The number of aromatic nitrogens is 1. The predicted molar refractivity (Wildman–Crippen MR) is 65.8 cm³/mol. The molecule has 0 unspecified atom stereocenters. The number of carboxylic acid groups (broad SMARTS) is 1. The number of hydrogen-bond acceptors (Lipinski definition) is 6. The zero-order chi connectivity index (χ0) is 13.2. The Bertz CT molecular complexity index is 469. The zero-order valence-electron chi connectivity index (χ0n) is 9.59. The largest absolute Gasteiger partial charge is 0.481 e. The Hall–Kier alpha value is -1.70. The third-order valence-electron chi connectivity index (χ3n) is 3.23. The lowest BCUT2D eigenvalue weighted by Crippen LogP contribution is -2.38. The lowest BCUT2D eigenvalue weighted by Gasteiger charge is -2.40. The lowest BCUT2D eigenvalue weighted by molar-refractivity contribution is -0.380. The lowest BCUT2D eigenvalue weighted by atomic mass is 9.66. The van der Waals surface area contributed by atoms with E-state index in [0.717, 1.165) is 30.6 Å². The molecule has 18 heavy (non-hydrogen) atoms. The summed E-state index contributed by atoms with van der Waals surface area (Å²) in [6, 6.07) is 0. The van der Waals surface area contributed by atoms with Crippen molar-refractivity contribution in [2.45, 2.75) is 25.7 Å². The molecule has 0 bridgehead atoms. The quantitative estimate of drug-likeness (QED) is 0.606. The first-order valence-electron chi connectivity index (χ1n) is 5.57. The molecule has 1 aromatic rings. The summed E-state index contributed by atoms with van der Waals surface area (Å²) in [5, 5.41) is 22.8. The van der Waals surface area contributed by atoms with Crippen LogP contribution in [0.25, 0.3) is 0 Å². The number of nitrogens with one attached hydrogen (secondary N) is 1. The molecule has 1 heterocycles. The van der Waals surface area contributed by atoms with E-state index >= 15 is 0 Å². The number of thiazole rings is 1. The van der Waals surface area contributed by atoms with E-state index in [9.17, 15) is 14.9 Å². The van der Waals surface area contributed by atoms with Crippen molar-refractivity contribution < 1.29 is 14.8 Å². The van der Waals surface area contributed by atoms with Crippen molar-refractivity contribution in [2.75, 3.05) is 11.9 Å². The fourth-order valence-corrected chi connectivity index (χ4v) is 2.74. The van der Waals surface area contributed by atoms with Crippen molar-refractivity contribution >= 4 is 27.4 Å². The SMILES string of the molecule is O=C(O)CC1(CNc2ncc([N+](=O)[O-])s2)CCC1. The molecular weight excluding hydrogens is 258 g/mol. The Kier molecular flexibility index (Phi) is 3.46. The summed E-state index contributed by atoms with van der Waals surface area (Å²) in [7, 11) is 0. The average Bonchev–Trinajstić information content (AvgIpc) is 2.70. The van der Waals surface area contributed by atoms with Crippen molar-refractivity contribution in [3.8, 4) is 0 Å². The highest BCUT2D eigenvalue weighted by Gasteiger charge is 2.39. The Morgan fingerprint density at radius 3 is 2.83 bits per heavy atom. The summed E-state index contributed by atoms with van der Waals surface area (Å²) in [4.78, 5) is 24.7. The Morgan fingerprint density at radius 1 is 1.67 bits per heavy atom. The smallest absolute Gasteiger partial charge is 0.345 e. The van der Waals surface area contributed by atoms with Crippen LogP contribution in [0.3, 0.4) is 0 Å². The number of carboxylic acids is 1. The van der Waals surface area contributed by atoms with E-state index in [0.29, 0.717) is 11.7 Å². The maximum absolute atomic E-state index is 10.8. The molecule has 0 spiro atoms. The number of rotatable bonds is 6. The van der Waals surface area contributed by atoms with Crippen molar-refractivity contribution in [2.24, 2.45) is 5.41 Å². The third-order valence-corrected chi connectivity index (χ3v) is 4.14. The molecule has 0 saturated heterocycles. The fraction of sp³-hybridized carbons (Fsp3) is 0.600. The summed E-state index contributed by atoms with van der Waals surface area (Å²) >= 11 is 0.966. The molecule has 0 radical (unpaired) electrons. The van der Waals surface area contributed by atoms with Gasteiger partial charge in [-0.3, -0.25) is 14.9 Å². The van der Waals surface area contributed by atoms with Gasteiger partial charge in [-0.05, 0) is 29.6 Å². The van der Waals surface area contributed by atoms with Gasteiger partial charge in [0.2, 0.25) is 0 Å². The minimum Gasteiger partial charge on any atom is -0.481 e. The predicted octanol–water partition coefficient (Wildman–Crippen LogP) is 2.11. The standard InChI is InChI=1S/C10H13N3O4S/c14-8(15)4-10(2-1-3-10)6-12-9-11-5-7(18-9)13(16)17/h5H,1-4,6H2,(H,11,12)(H,14,15). The molecule has 1 saturated carbocycles. The molecule has 8 heteroatoms. The van der Waals surface area contributed by atoms with Gasteiger partial charge < -0.3 is 10.4 Å². The van der Waals surface area contributed by atoms with Crippen LogP contribution in [0.4, 0.5) is 10.1 Å². The Morgan fingerprint density at radius 2 is 2.39 bits per heavy atom. The summed E-state index contributed by atoms with van der Waals surface area (Å²) in [5.74, 6) is -0.804. The maximum atomic E-state index is 10.8. The Labute approximate surface area is 107 Å². The molecule has 98 valence electrons. The van der Waals surface area contributed by atoms with Gasteiger partial charge in [0.25, 0.3) is 0 Å². The summed E-state index contributed by atoms with van der Waals surface area (Å²) in [5.41, 5.74) is -0.216. The topological polar surface area (TPSA) is 105 Å². The van der Waals surface area contributed by atoms with Crippen molar-refractivity contribution in [3.05, 3.63) is 16.3 Å². The van der Waals surface area contributed by atoms with E-state index in [2.05, 4.69) is 10.3 Å². The van der Waals surface area contributed by atoms with Gasteiger partial charge in [-0.2, -0.15) is 0 Å². The molecule has 0 aromatic carbocycles. The van der Waals surface area contributed by atoms with Gasteiger partial charge in [-0.25, -0.2) is 4.98 Å². The van der Waals surface area contributed by atoms with Crippen LogP contribution in [0.2, 0.25) is 0 Å². The first kappa shape index (κ1) is 12.7. The molecule has 1 aromatic heterocycles. The molecule has 1 fully saturated rings. The van der Waals surface area contributed by atoms with E-state index in [1.54, 1.807) is 0 Å². The average molecular weight is 271 g/mol. The second-order valence-electron chi connectivity index (χ2n) is 4.54. The molecular formula is C10H13N3O4S. The van der Waals surface area contributed by atoms with Crippen molar-refractivity contribution in [1.82, 2.24) is 4.98 Å². The van der Waals surface area contributed by atoms with E-state index < -0.39 is 10.9 Å². The van der Waals surface area contributed by atoms with Crippen LogP contribution in [-0.2, 0) is 4.79 Å². The van der Waals surface area contributed by atoms with Crippen molar-refractivity contribution in [1.29, 1.82) is 0 Å². The number of hydrogen-bond donors (Lipinski definition) is 2. The molecule has 0 atom stereocenters. The normalized spacial score (nSPS) is 16.9. The van der Waals surface area contributed by atoms with E-state index in [1.807, 2.05) is 0 Å². The van der Waals surface area contributed by atoms with Crippen LogP contribution in [0.5, 0.6) is 0 Å². The highest BCUT2D eigenvalue weighted by atomic mass is 32.1. The van der Waals surface area contributed by atoms with Gasteiger partial charge in [0.05, 0.1) is 11.3 Å². The van der Waals surface area contributed by atoms with Crippen molar-refractivity contribution in [3.63, 3.8) is 0 Å². The molecule has 0 aliphatic heterocycles. The van der Waals surface area contributed by atoms with Crippen LogP contribution in [0.15, 0.2) is 6.20 Å². The Balaban J connectivity index is 1.93. The monoisotopic (exact) mass is 271 g/mol. The number of carbonyl (C=O) groups is 1. The van der Waals surface area contributed by atoms with Gasteiger partial charge in [-0.15, -0.1) is 0 Å². The molecule has 1 aliphatic carbocycles. The molecule has 7 nitrogen and oxygen atoms in total. The second kappa shape index (κ2) is 4.89. The number of anilines is 1. The highest BCUT2D eigenvalue weighted by Crippen LogP contribution is 2.44. The number of nitro groups is 1. The minimum atomic E-state index is -0.804. The molecule has 2 rings (SSSR count). The number of nitrogens with zero attached hydrogens (tertiary/aromatic N) is 2. The van der Waals surface area contributed by atoms with Gasteiger partial charge in [0.1, 0.15) is 6.20 Å². The highest BCUT2D eigenvalue weighted by molar-refractivity contribution is 7.18. The van der Waals surface area contributed by atoms with Crippen LogP contribution < -0.4 is 5.32 Å². The van der Waals surface area contributed by atoms with Gasteiger partial charge in [-0.1, -0.05) is 6.42 Å².